The molecular formula is C16H20O8S. The minimum Gasteiger partial charge on any atom is -0.479 e. The van der Waals surface area contributed by atoms with Crippen molar-refractivity contribution in [3.05, 3.63) is 35.9 Å². The number of aliphatic carboxylic acids is 1. The lowest BCUT2D eigenvalue weighted by molar-refractivity contribution is -0.286. The SMILES string of the molecule is CS[C@@H](Cc1ccccc1)C(=O)O[C@@H]1O[C@H](C(=O)O)[C@@H](O)[C@H](O)[C@H]1O. The Morgan fingerprint density at radius 3 is 2.36 bits per heavy atom. The van der Waals surface area contributed by atoms with Crippen LogP contribution in [0.3, 0.4) is 0 Å². The zero-order chi connectivity index (χ0) is 18.6. The van der Waals surface area contributed by atoms with E-state index in [0.29, 0.717) is 6.42 Å². The van der Waals surface area contributed by atoms with Gasteiger partial charge in [0.15, 0.2) is 6.10 Å². The molecule has 138 valence electrons. The van der Waals surface area contributed by atoms with Gasteiger partial charge in [-0.1, -0.05) is 30.3 Å². The second-order valence-corrected chi connectivity index (χ2v) is 6.63. The summed E-state index contributed by atoms with van der Waals surface area (Å²) in [5, 5.41) is 37.6. The molecule has 1 aromatic carbocycles. The van der Waals surface area contributed by atoms with Crippen molar-refractivity contribution < 1.29 is 39.5 Å². The molecule has 1 saturated heterocycles. The molecule has 0 amide bonds. The van der Waals surface area contributed by atoms with Crippen LogP contribution in [0.15, 0.2) is 30.3 Å². The first-order valence-electron chi connectivity index (χ1n) is 7.54. The van der Waals surface area contributed by atoms with Gasteiger partial charge < -0.3 is 29.9 Å². The molecule has 4 N–H and O–H groups in total. The summed E-state index contributed by atoms with van der Waals surface area (Å²) < 4.78 is 10.0. The highest BCUT2D eigenvalue weighted by Crippen LogP contribution is 2.24. The average molecular weight is 372 g/mol. The van der Waals surface area contributed by atoms with Crippen LogP contribution in [-0.2, 0) is 25.5 Å². The number of carbonyl (C=O) groups excluding carboxylic acids is 1. The van der Waals surface area contributed by atoms with Gasteiger partial charge in [-0.05, 0) is 18.2 Å². The zero-order valence-electron chi connectivity index (χ0n) is 13.4. The predicted molar refractivity (Wildman–Crippen MR) is 87.9 cm³/mol. The van der Waals surface area contributed by atoms with E-state index in [9.17, 15) is 24.9 Å². The molecule has 25 heavy (non-hydrogen) atoms. The van der Waals surface area contributed by atoms with E-state index in [1.165, 1.54) is 11.8 Å². The molecule has 8 nitrogen and oxygen atoms in total. The van der Waals surface area contributed by atoms with E-state index in [1.807, 2.05) is 30.3 Å². The van der Waals surface area contributed by atoms with Crippen molar-refractivity contribution in [3.8, 4) is 0 Å². The van der Waals surface area contributed by atoms with E-state index in [0.717, 1.165) is 5.56 Å². The standard InChI is InChI=1S/C16H20O8S/c1-25-9(7-8-5-3-2-4-6-8)15(22)24-16-12(19)10(17)11(18)13(23-16)14(20)21/h2-6,9-13,16-19H,7H2,1H3,(H,20,21)/t9-,10-,11-,12+,13-,16-/m0/s1. The third-order valence-corrected chi connectivity index (χ3v) is 4.78. The highest BCUT2D eigenvalue weighted by atomic mass is 32.2. The third kappa shape index (κ3) is 4.71. The number of carboxylic acids is 1. The molecule has 0 unspecified atom stereocenters. The van der Waals surface area contributed by atoms with Gasteiger partial charge >= 0.3 is 11.9 Å². The number of ether oxygens (including phenoxy) is 2. The second-order valence-electron chi connectivity index (χ2n) is 5.59. The maximum Gasteiger partial charge on any atom is 0.335 e. The third-order valence-electron chi connectivity index (χ3n) is 3.86. The number of hydrogen-bond donors (Lipinski definition) is 4. The van der Waals surface area contributed by atoms with Crippen LogP contribution >= 0.6 is 11.8 Å². The molecule has 0 aliphatic carbocycles. The van der Waals surface area contributed by atoms with Crippen LogP contribution in [0, 0.1) is 0 Å². The van der Waals surface area contributed by atoms with E-state index in [-0.39, 0.29) is 0 Å². The van der Waals surface area contributed by atoms with Crippen LogP contribution in [0.4, 0.5) is 0 Å². The fourth-order valence-corrected chi connectivity index (χ4v) is 3.04. The highest BCUT2D eigenvalue weighted by Gasteiger charge is 2.48. The number of hydrogen-bond acceptors (Lipinski definition) is 8. The molecular weight excluding hydrogens is 352 g/mol. The summed E-state index contributed by atoms with van der Waals surface area (Å²) in [6.45, 7) is 0. The van der Waals surface area contributed by atoms with Gasteiger partial charge in [0.2, 0.25) is 6.29 Å². The summed E-state index contributed by atoms with van der Waals surface area (Å²) in [7, 11) is 0. The average Bonchev–Trinajstić information content (AvgIpc) is 2.60. The normalized spacial score (nSPS) is 30.5. The van der Waals surface area contributed by atoms with Gasteiger partial charge in [0.25, 0.3) is 0 Å². The zero-order valence-corrected chi connectivity index (χ0v) is 14.2. The minimum atomic E-state index is -1.83. The number of aliphatic hydroxyl groups is 3. The quantitative estimate of drug-likeness (QED) is 0.483. The molecule has 0 aromatic heterocycles. The largest absolute Gasteiger partial charge is 0.479 e. The summed E-state index contributed by atoms with van der Waals surface area (Å²) in [6, 6.07) is 9.22. The molecule has 1 fully saturated rings. The van der Waals surface area contributed by atoms with Gasteiger partial charge in [-0.15, -0.1) is 11.8 Å². The van der Waals surface area contributed by atoms with Gasteiger partial charge in [-0.25, -0.2) is 4.79 Å². The van der Waals surface area contributed by atoms with Crippen LogP contribution in [0.25, 0.3) is 0 Å². The van der Waals surface area contributed by atoms with Crippen LogP contribution < -0.4 is 0 Å². The first kappa shape index (κ1) is 19.7. The number of esters is 1. The Labute approximate surface area is 148 Å². The molecule has 0 spiro atoms. The second kappa shape index (κ2) is 8.63. The van der Waals surface area contributed by atoms with Gasteiger partial charge in [-0.3, -0.25) is 4.79 Å². The lowest BCUT2D eigenvalue weighted by Crippen LogP contribution is -2.60. The number of carboxylic acid groups (broad SMARTS) is 1. The molecule has 0 saturated carbocycles. The molecule has 1 heterocycles. The van der Waals surface area contributed by atoms with Crippen molar-refractivity contribution in [2.24, 2.45) is 0 Å². The van der Waals surface area contributed by atoms with Crippen LogP contribution in [0.2, 0.25) is 0 Å². The van der Waals surface area contributed by atoms with Gasteiger partial charge in [0.05, 0.1) is 0 Å². The Balaban J connectivity index is 2.05. The van der Waals surface area contributed by atoms with E-state index < -0.39 is 47.9 Å². The fourth-order valence-electron chi connectivity index (χ4n) is 2.43. The first-order chi connectivity index (χ1) is 11.8. The molecule has 1 aliphatic rings. The van der Waals surface area contributed by atoms with Crippen LogP contribution in [0.1, 0.15) is 5.56 Å². The fraction of sp³-hybridized carbons (Fsp3) is 0.500. The topological polar surface area (TPSA) is 134 Å². The summed E-state index contributed by atoms with van der Waals surface area (Å²) in [5.41, 5.74) is 0.905. The molecule has 1 aromatic rings. The molecule has 2 rings (SSSR count). The van der Waals surface area contributed by atoms with Crippen molar-refractivity contribution in [1.82, 2.24) is 0 Å². The molecule has 0 radical (unpaired) electrons. The lowest BCUT2D eigenvalue weighted by Gasteiger charge is -2.38. The number of benzene rings is 1. The van der Waals surface area contributed by atoms with E-state index in [4.69, 9.17) is 14.6 Å². The van der Waals surface area contributed by atoms with Crippen molar-refractivity contribution in [2.75, 3.05) is 6.26 Å². The Hall–Kier alpha value is -1.65. The van der Waals surface area contributed by atoms with Crippen molar-refractivity contribution in [1.29, 1.82) is 0 Å². The molecule has 0 bridgehead atoms. The summed E-state index contributed by atoms with van der Waals surface area (Å²) in [5.74, 6) is -2.25. The van der Waals surface area contributed by atoms with Gasteiger partial charge in [0, 0.05) is 0 Å². The Kier molecular flexibility index (Phi) is 6.79. The Morgan fingerprint density at radius 1 is 1.16 bits per heavy atom. The van der Waals surface area contributed by atoms with Gasteiger partial charge in [-0.2, -0.15) is 0 Å². The van der Waals surface area contributed by atoms with Crippen LogP contribution in [0.5, 0.6) is 0 Å². The summed E-state index contributed by atoms with van der Waals surface area (Å²) >= 11 is 1.23. The maximum atomic E-state index is 12.3. The van der Waals surface area contributed by atoms with Crippen molar-refractivity contribution >= 4 is 23.7 Å². The van der Waals surface area contributed by atoms with Crippen LogP contribution in [-0.4, -0.2) is 74.6 Å². The maximum absolute atomic E-state index is 12.3. The number of aliphatic hydroxyl groups excluding tert-OH is 3. The smallest absolute Gasteiger partial charge is 0.335 e. The predicted octanol–water partition coefficient (Wildman–Crippen LogP) is -0.604. The van der Waals surface area contributed by atoms with E-state index >= 15 is 0 Å². The summed E-state index contributed by atoms with van der Waals surface area (Å²) in [6.07, 6.45) is -6.80. The van der Waals surface area contributed by atoms with E-state index in [1.54, 1.807) is 6.26 Å². The molecule has 9 heteroatoms. The number of rotatable bonds is 6. The first-order valence-corrected chi connectivity index (χ1v) is 8.83. The summed E-state index contributed by atoms with van der Waals surface area (Å²) in [4.78, 5) is 23.4. The Bertz CT molecular complexity index is 595. The van der Waals surface area contributed by atoms with Gasteiger partial charge in [0.1, 0.15) is 23.6 Å². The van der Waals surface area contributed by atoms with Crippen molar-refractivity contribution in [2.45, 2.75) is 42.4 Å². The monoisotopic (exact) mass is 372 g/mol. The minimum absolute atomic E-state index is 0.372. The highest BCUT2D eigenvalue weighted by molar-refractivity contribution is 7.99. The Morgan fingerprint density at radius 2 is 1.80 bits per heavy atom. The molecule has 1 aliphatic heterocycles. The number of thioether (sulfide) groups is 1. The van der Waals surface area contributed by atoms with Crippen molar-refractivity contribution in [3.63, 3.8) is 0 Å². The lowest BCUT2D eigenvalue weighted by atomic mass is 9.99. The van der Waals surface area contributed by atoms with E-state index in [2.05, 4.69) is 0 Å². The molecule has 6 atom stereocenters. The number of carbonyl (C=O) groups is 2.